The maximum absolute atomic E-state index is 12.8. The lowest BCUT2D eigenvalue weighted by molar-refractivity contribution is 0.112. The molecular formula is C17H13Cl2N5O3. The fraction of sp³-hybridized carbons (Fsp3) is 0.118. The normalized spacial score (nSPS) is 10.6. The van der Waals surface area contributed by atoms with Gasteiger partial charge < -0.3 is 0 Å². The number of aromatic nitrogens is 4. The number of benzene rings is 2. The van der Waals surface area contributed by atoms with E-state index in [-0.39, 0.29) is 22.3 Å². The van der Waals surface area contributed by atoms with E-state index < -0.39 is 11.7 Å². The Balaban J connectivity index is 2.04. The topological polar surface area (TPSA) is 90.1 Å². The Hall–Kier alpha value is -2.97. The van der Waals surface area contributed by atoms with E-state index >= 15 is 0 Å². The van der Waals surface area contributed by atoms with Crippen LogP contribution in [0.5, 0.6) is 0 Å². The zero-order valence-corrected chi connectivity index (χ0v) is 15.6. The molecule has 0 fully saturated rings. The van der Waals surface area contributed by atoms with E-state index in [9.17, 15) is 14.4 Å². The molecule has 0 atom stereocenters. The number of amides is 1. The van der Waals surface area contributed by atoms with Gasteiger partial charge in [0, 0.05) is 17.8 Å². The smallest absolute Gasteiger partial charge is 0.298 e. The van der Waals surface area contributed by atoms with Gasteiger partial charge in [-0.15, -0.1) is 4.68 Å². The Kier molecular flexibility index (Phi) is 5.38. The van der Waals surface area contributed by atoms with E-state index in [1.165, 1.54) is 11.0 Å². The van der Waals surface area contributed by atoms with Gasteiger partial charge in [0.15, 0.2) is 0 Å². The minimum absolute atomic E-state index is 0.135. The average molecular weight is 406 g/mol. The predicted octanol–water partition coefficient (Wildman–Crippen LogP) is 3.04. The van der Waals surface area contributed by atoms with Crippen LogP contribution >= 0.6 is 23.2 Å². The van der Waals surface area contributed by atoms with E-state index in [0.29, 0.717) is 22.2 Å². The SMILES string of the molecule is CCN(C(=O)n1nnn(-c2c(Cl)cccc2Cl)c1=O)c1cccc(C=O)c1. The summed E-state index contributed by atoms with van der Waals surface area (Å²) in [6.07, 6.45) is 0.670. The predicted molar refractivity (Wildman–Crippen MR) is 101 cm³/mol. The van der Waals surface area contributed by atoms with Crippen molar-refractivity contribution in [1.82, 2.24) is 19.8 Å². The zero-order valence-electron chi connectivity index (χ0n) is 14.0. The average Bonchev–Trinajstić information content (AvgIpc) is 3.03. The number of carbonyl (C=O) groups is 2. The second-order valence-corrected chi connectivity index (χ2v) is 6.21. The Morgan fingerprint density at radius 3 is 2.44 bits per heavy atom. The number of aldehydes is 1. The lowest BCUT2D eigenvalue weighted by atomic mass is 10.2. The van der Waals surface area contributed by atoms with Crippen LogP contribution in [-0.4, -0.2) is 38.7 Å². The van der Waals surface area contributed by atoms with Crippen LogP contribution in [0.1, 0.15) is 17.3 Å². The number of carbonyl (C=O) groups excluding carboxylic acids is 2. The van der Waals surface area contributed by atoms with Crippen molar-refractivity contribution in [2.24, 2.45) is 0 Å². The summed E-state index contributed by atoms with van der Waals surface area (Å²) < 4.78 is 1.47. The second-order valence-electron chi connectivity index (χ2n) is 5.40. The van der Waals surface area contributed by atoms with E-state index in [4.69, 9.17) is 23.2 Å². The van der Waals surface area contributed by atoms with E-state index in [0.717, 1.165) is 4.68 Å². The zero-order chi connectivity index (χ0) is 19.6. The van der Waals surface area contributed by atoms with Gasteiger partial charge in [-0.3, -0.25) is 9.69 Å². The molecule has 0 aliphatic rings. The largest absolute Gasteiger partial charge is 0.377 e. The highest BCUT2D eigenvalue weighted by molar-refractivity contribution is 6.37. The second kappa shape index (κ2) is 7.73. The summed E-state index contributed by atoms with van der Waals surface area (Å²) in [4.78, 5) is 37.8. The lowest BCUT2D eigenvalue weighted by Crippen LogP contribution is -2.41. The number of hydrogen-bond donors (Lipinski definition) is 0. The summed E-state index contributed by atoms with van der Waals surface area (Å²) in [5.74, 6) is 0. The number of nitrogens with zero attached hydrogens (tertiary/aromatic N) is 5. The van der Waals surface area contributed by atoms with Gasteiger partial charge in [0.05, 0.1) is 10.0 Å². The molecule has 0 aliphatic carbocycles. The Morgan fingerprint density at radius 2 is 1.81 bits per heavy atom. The van der Waals surface area contributed by atoms with E-state index in [1.807, 2.05) is 0 Å². The molecule has 0 spiro atoms. The van der Waals surface area contributed by atoms with Crippen LogP contribution < -0.4 is 10.6 Å². The van der Waals surface area contributed by atoms with Gasteiger partial charge in [0.1, 0.15) is 12.0 Å². The molecule has 2 aromatic carbocycles. The first-order chi connectivity index (χ1) is 13.0. The van der Waals surface area contributed by atoms with Crippen molar-refractivity contribution in [3.05, 3.63) is 68.6 Å². The van der Waals surface area contributed by atoms with Crippen molar-refractivity contribution in [2.45, 2.75) is 6.92 Å². The van der Waals surface area contributed by atoms with Crippen LogP contribution in [0.15, 0.2) is 47.3 Å². The van der Waals surface area contributed by atoms with Crippen LogP contribution in [0.3, 0.4) is 0 Å². The lowest BCUT2D eigenvalue weighted by Gasteiger charge is -2.19. The van der Waals surface area contributed by atoms with E-state index in [2.05, 4.69) is 10.4 Å². The van der Waals surface area contributed by atoms with Crippen LogP contribution in [0, 0.1) is 0 Å². The van der Waals surface area contributed by atoms with Crippen molar-refractivity contribution in [3.63, 3.8) is 0 Å². The molecule has 8 nitrogen and oxygen atoms in total. The van der Waals surface area contributed by atoms with E-state index in [1.54, 1.807) is 43.3 Å². The summed E-state index contributed by atoms with van der Waals surface area (Å²) in [5.41, 5.74) is 0.165. The summed E-state index contributed by atoms with van der Waals surface area (Å²) >= 11 is 12.2. The highest BCUT2D eigenvalue weighted by Crippen LogP contribution is 2.26. The van der Waals surface area contributed by atoms with Crippen molar-refractivity contribution in [2.75, 3.05) is 11.4 Å². The number of rotatable bonds is 4. The molecular weight excluding hydrogens is 393 g/mol. The Morgan fingerprint density at radius 1 is 1.15 bits per heavy atom. The summed E-state index contributed by atoms with van der Waals surface area (Å²) in [6, 6.07) is 10.4. The van der Waals surface area contributed by atoms with Crippen LogP contribution in [0.25, 0.3) is 5.69 Å². The van der Waals surface area contributed by atoms with Gasteiger partial charge in [0.2, 0.25) is 0 Å². The van der Waals surface area contributed by atoms with Gasteiger partial charge >= 0.3 is 11.7 Å². The third-order valence-electron chi connectivity index (χ3n) is 3.78. The number of anilines is 1. The van der Waals surface area contributed by atoms with Crippen LogP contribution in [0.2, 0.25) is 10.0 Å². The van der Waals surface area contributed by atoms with Gasteiger partial charge in [-0.05, 0) is 41.6 Å². The minimum Gasteiger partial charge on any atom is -0.298 e. The summed E-state index contributed by atoms with van der Waals surface area (Å²) in [5, 5.41) is 7.75. The van der Waals surface area contributed by atoms with Crippen molar-refractivity contribution in [3.8, 4) is 5.69 Å². The highest BCUT2D eigenvalue weighted by atomic mass is 35.5. The molecule has 0 aliphatic heterocycles. The van der Waals surface area contributed by atoms with Crippen molar-refractivity contribution in [1.29, 1.82) is 0 Å². The van der Waals surface area contributed by atoms with Crippen molar-refractivity contribution >= 4 is 41.2 Å². The summed E-state index contributed by atoms with van der Waals surface area (Å²) in [6.45, 7) is 1.97. The molecule has 1 amide bonds. The molecule has 0 saturated heterocycles. The molecule has 0 bridgehead atoms. The quantitative estimate of drug-likeness (QED) is 0.491. The van der Waals surface area contributed by atoms with Crippen LogP contribution in [0.4, 0.5) is 10.5 Å². The molecule has 10 heteroatoms. The molecule has 3 rings (SSSR count). The maximum atomic E-state index is 12.8. The number of para-hydroxylation sites is 1. The molecule has 1 heterocycles. The molecule has 3 aromatic rings. The third-order valence-corrected chi connectivity index (χ3v) is 4.39. The number of hydrogen-bond acceptors (Lipinski definition) is 5. The molecule has 1 aromatic heterocycles. The monoisotopic (exact) mass is 405 g/mol. The molecule has 0 radical (unpaired) electrons. The summed E-state index contributed by atoms with van der Waals surface area (Å²) in [7, 11) is 0. The minimum atomic E-state index is -0.819. The van der Waals surface area contributed by atoms with Gasteiger partial charge in [0.25, 0.3) is 0 Å². The van der Waals surface area contributed by atoms with Gasteiger partial charge in [-0.1, -0.05) is 41.4 Å². The fourth-order valence-corrected chi connectivity index (χ4v) is 3.06. The first-order valence-corrected chi connectivity index (χ1v) is 8.60. The molecule has 27 heavy (non-hydrogen) atoms. The molecule has 0 N–H and O–H groups in total. The van der Waals surface area contributed by atoms with Gasteiger partial charge in [-0.25, -0.2) is 9.59 Å². The third kappa shape index (κ3) is 3.49. The van der Waals surface area contributed by atoms with Gasteiger partial charge in [-0.2, -0.15) is 4.68 Å². The first-order valence-electron chi connectivity index (χ1n) is 7.84. The molecule has 0 unspecified atom stereocenters. The maximum Gasteiger partial charge on any atom is 0.377 e. The fourth-order valence-electron chi connectivity index (χ4n) is 2.51. The van der Waals surface area contributed by atoms with Crippen LogP contribution in [-0.2, 0) is 0 Å². The van der Waals surface area contributed by atoms with Crippen molar-refractivity contribution < 1.29 is 9.59 Å². The standard InChI is InChI=1S/C17H13Cl2N5O3/c1-2-22(12-6-3-5-11(9-12)10-25)16(26)24-17(27)23(20-21-24)15-13(18)7-4-8-14(15)19/h3-10H,2H2,1H3. The number of halogens is 2. The number of tetrazole rings is 1. The Labute approximate surface area is 163 Å². The molecule has 0 saturated carbocycles. The Bertz CT molecular complexity index is 1060. The molecule has 138 valence electrons. The first kappa shape index (κ1) is 18.8. The highest BCUT2D eigenvalue weighted by Gasteiger charge is 2.23.